The summed E-state index contributed by atoms with van der Waals surface area (Å²) in [6.45, 7) is 0. The Labute approximate surface area is 139 Å². The molecule has 22 heavy (non-hydrogen) atoms. The highest BCUT2D eigenvalue weighted by molar-refractivity contribution is 7.80. The maximum atomic E-state index is 11.1. The van der Waals surface area contributed by atoms with E-state index in [1.165, 1.54) is 0 Å². The number of aliphatic carboxylic acids is 1. The molecule has 1 atom stereocenters. The number of anilines is 1. The molecular weight excluding hydrogens is 320 g/mol. The van der Waals surface area contributed by atoms with Crippen LogP contribution in [0.3, 0.4) is 0 Å². The molecule has 0 aliphatic heterocycles. The Hall–Kier alpha value is -2.11. The highest BCUT2D eigenvalue weighted by atomic mass is 35.5. The summed E-state index contributed by atoms with van der Waals surface area (Å²) in [5, 5.41) is 16.0. The first-order chi connectivity index (χ1) is 10.5. The van der Waals surface area contributed by atoms with Gasteiger partial charge in [0, 0.05) is 10.7 Å². The van der Waals surface area contributed by atoms with Crippen LogP contribution in [-0.4, -0.2) is 16.2 Å². The van der Waals surface area contributed by atoms with Gasteiger partial charge in [0.25, 0.3) is 0 Å². The predicted octanol–water partition coefficient (Wildman–Crippen LogP) is 3.84. The predicted molar refractivity (Wildman–Crippen MR) is 92.2 cm³/mol. The molecule has 1 unspecified atom stereocenters. The number of nitrogens with one attached hydrogen (secondary N) is 2. The first-order valence-electron chi connectivity index (χ1n) is 6.64. The monoisotopic (exact) mass is 334 g/mol. The van der Waals surface area contributed by atoms with Gasteiger partial charge in [-0.05, 0) is 42.0 Å². The summed E-state index contributed by atoms with van der Waals surface area (Å²) in [5.41, 5.74) is 1.60. The van der Waals surface area contributed by atoms with Crippen LogP contribution in [0.5, 0.6) is 0 Å². The fraction of sp³-hybridized carbons (Fsp3) is 0.125. The summed E-state index contributed by atoms with van der Waals surface area (Å²) in [6.07, 6.45) is -0.100. The van der Waals surface area contributed by atoms with Crippen molar-refractivity contribution in [2.45, 2.75) is 12.5 Å². The molecule has 0 radical (unpaired) electrons. The van der Waals surface area contributed by atoms with E-state index in [9.17, 15) is 4.79 Å². The minimum Gasteiger partial charge on any atom is -0.481 e. The van der Waals surface area contributed by atoms with Gasteiger partial charge in [-0.1, -0.05) is 41.9 Å². The number of carboxylic acids is 1. The zero-order valence-electron chi connectivity index (χ0n) is 11.6. The Morgan fingerprint density at radius 1 is 1.18 bits per heavy atom. The van der Waals surface area contributed by atoms with Gasteiger partial charge in [0.05, 0.1) is 12.5 Å². The largest absolute Gasteiger partial charge is 0.481 e. The zero-order chi connectivity index (χ0) is 15.9. The molecule has 0 aliphatic rings. The molecule has 2 aromatic carbocycles. The lowest BCUT2D eigenvalue weighted by Gasteiger charge is -2.20. The van der Waals surface area contributed by atoms with Gasteiger partial charge in [-0.2, -0.15) is 0 Å². The van der Waals surface area contributed by atoms with E-state index in [-0.39, 0.29) is 6.42 Å². The van der Waals surface area contributed by atoms with Gasteiger partial charge in [0.1, 0.15) is 0 Å². The lowest BCUT2D eigenvalue weighted by molar-refractivity contribution is -0.137. The van der Waals surface area contributed by atoms with Crippen molar-refractivity contribution in [2.75, 3.05) is 5.32 Å². The second kappa shape index (κ2) is 7.77. The Balaban J connectivity index is 2.09. The molecule has 4 nitrogen and oxygen atoms in total. The Morgan fingerprint density at radius 3 is 2.55 bits per heavy atom. The maximum Gasteiger partial charge on any atom is 0.305 e. The highest BCUT2D eigenvalue weighted by Gasteiger charge is 2.17. The quantitative estimate of drug-likeness (QED) is 0.725. The van der Waals surface area contributed by atoms with E-state index < -0.39 is 12.0 Å². The number of benzene rings is 2. The van der Waals surface area contributed by atoms with Crippen molar-refractivity contribution in [3.8, 4) is 0 Å². The number of rotatable bonds is 5. The van der Waals surface area contributed by atoms with Crippen molar-refractivity contribution >= 4 is 40.6 Å². The van der Waals surface area contributed by atoms with E-state index in [1.807, 2.05) is 36.4 Å². The molecule has 0 saturated heterocycles. The van der Waals surface area contributed by atoms with E-state index in [4.69, 9.17) is 28.9 Å². The Bertz CT molecular complexity index is 664. The second-order valence-electron chi connectivity index (χ2n) is 4.67. The van der Waals surface area contributed by atoms with Crippen molar-refractivity contribution in [1.29, 1.82) is 0 Å². The molecule has 114 valence electrons. The van der Waals surface area contributed by atoms with Crippen LogP contribution in [0.15, 0.2) is 54.6 Å². The summed E-state index contributed by atoms with van der Waals surface area (Å²) >= 11 is 11.2. The average molecular weight is 335 g/mol. The Kier molecular flexibility index (Phi) is 5.75. The molecule has 3 N–H and O–H groups in total. The van der Waals surface area contributed by atoms with Crippen molar-refractivity contribution in [3.05, 3.63) is 65.2 Å². The normalized spacial score (nSPS) is 11.5. The summed E-state index contributed by atoms with van der Waals surface area (Å²) in [7, 11) is 0. The molecule has 2 aromatic rings. The SMILES string of the molecule is O=C(O)CC(NC(=S)Nc1ccccc1)c1cccc(Cl)c1. The number of carbonyl (C=O) groups is 1. The number of hydrogen-bond donors (Lipinski definition) is 3. The molecule has 6 heteroatoms. The van der Waals surface area contributed by atoms with E-state index in [0.717, 1.165) is 11.3 Å². The van der Waals surface area contributed by atoms with E-state index >= 15 is 0 Å². The summed E-state index contributed by atoms with van der Waals surface area (Å²) in [5.74, 6) is -0.917. The lowest BCUT2D eigenvalue weighted by atomic mass is 10.0. The molecule has 0 heterocycles. The molecule has 0 fully saturated rings. The van der Waals surface area contributed by atoms with E-state index in [1.54, 1.807) is 18.2 Å². The van der Waals surface area contributed by atoms with Crippen LogP contribution in [0.1, 0.15) is 18.0 Å². The lowest BCUT2D eigenvalue weighted by Crippen LogP contribution is -2.33. The number of thiocarbonyl (C=S) groups is 1. The maximum absolute atomic E-state index is 11.1. The minimum atomic E-state index is -0.917. The molecule has 0 spiro atoms. The van der Waals surface area contributed by atoms with Crippen LogP contribution in [0.4, 0.5) is 5.69 Å². The summed E-state index contributed by atoms with van der Waals surface area (Å²) < 4.78 is 0. The molecular formula is C16H15ClN2O2S. The standard InChI is InChI=1S/C16H15ClN2O2S/c17-12-6-4-5-11(9-12)14(10-15(20)21)19-16(22)18-13-7-2-1-3-8-13/h1-9,14H,10H2,(H,20,21)(H2,18,19,22). The van der Waals surface area contributed by atoms with Crippen molar-refractivity contribution in [2.24, 2.45) is 0 Å². The topological polar surface area (TPSA) is 61.4 Å². The van der Waals surface area contributed by atoms with Gasteiger partial charge in [0.2, 0.25) is 0 Å². The molecule has 0 aliphatic carbocycles. The van der Waals surface area contributed by atoms with Crippen LogP contribution < -0.4 is 10.6 Å². The number of carboxylic acid groups (broad SMARTS) is 1. The smallest absolute Gasteiger partial charge is 0.305 e. The third-order valence-electron chi connectivity index (χ3n) is 2.97. The van der Waals surface area contributed by atoms with Crippen molar-refractivity contribution < 1.29 is 9.90 Å². The van der Waals surface area contributed by atoms with E-state index in [2.05, 4.69) is 10.6 Å². The third-order valence-corrected chi connectivity index (χ3v) is 3.42. The van der Waals surface area contributed by atoms with Crippen LogP contribution in [0.2, 0.25) is 5.02 Å². The molecule has 0 saturated carbocycles. The number of hydrogen-bond acceptors (Lipinski definition) is 2. The van der Waals surface area contributed by atoms with Gasteiger partial charge < -0.3 is 15.7 Å². The fourth-order valence-corrected chi connectivity index (χ4v) is 2.46. The number of para-hydroxylation sites is 1. The average Bonchev–Trinajstić information content (AvgIpc) is 2.47. The van der Waals surface area contributed by atoms with Gasteiger partial charge in [0.15, 0.2) is 5.11 Å². The van der Waals surface area contributed by atoms with Crippen molar-refractivity contribution in [3.63, 3.8) is 0 Å². The molecule has 0 amide bonds. The molecule has 2 rings (SSSR count). The highest BCUT2D eigenvalue weighted by Crippen LogP contribution is 2.21. The summed E-state index contributed by atoms with van der Waals surface area (Å²) in [6, 6.07) is 16.0. The second-order valence-corrected chi connectivity index (χ2v) is 5.51. The number of halogens is 1. The van der Waals surface area contributed by atoms with Crippen molar-refractivity contribution in [1.82, 2.24) is 5.32 Å². The van der Waals surface area contributed by atoms with Crippen LogP contribution in [-0.2, 0) is 4.79 Å². The Morgan fingerprint density at radius 2 is 1.91 bits per heavy atom. The van der Waals surface area contributed by atoms with Gasteiger partial charge in [-0.15, -0.1) is 0 Å². The third kappa shape index (κ3) is 5.02. The van der Waals surface area contributed by atoms with Gasteiger partial charge >= 0.3 is 5.97 Å². The minimum absolute atomic E-state index is 0.100. The first-order valence-corrected chi connectivity index (χ1v) is 7.43. The van der Waals surface area contributed by atoms with Gasteiger partial charge in [-0.3, -0.25) is 4.79 Å². The van der Waals surface area contributed by atoms with Crippen LogP contribution >= 0.6 is 23.8 Å². The van der Waals surface area contributed by atoms with Crippen LogP contribution in [0.25, 0.3) is 0 Å². The summed E-state index contributed by atoms with van der Waals surface area (Å²) in [4.78, 5) is 11.1. The molecule has 0 aromatic heterocycles. The van der Waals surface area contributed by atoms with Crippen LogP contribution in [0, 0.1) is 0 Å². The van der Waals surface area contributed by atoms with E-state index in [0.29, 0.717) is 10.1 Å². The zero-order valence-corrected chi connectivity index (χ0v) is 13.2. The first kappa shape index (κ1) is 16.3. The molecule has 0 bridgehead atoms. The van der Waals surface area contributed by atoms with Gasteiger partial charge in [-0.25, -0.2) is 0 Å². The fourth-order valence-electron chi connectivity index (χ4n) is 2.00.